The van der Waals surface area contributed by atoms with Gasteiger partial charge in [-0.25, -0.2) is 0 Å². The zero-order valence-electron chi connectivity index (χ0n) is 11.8. The van der Waals surface area contributed by atoms with Gasteiger partial charge in [-0.3, -0.25) is 4.98 Å². The second kappa shape index (κ2) is 8.19. The van der Waals surface area contributed by atoms with Crippen LogP contribution in [0.4, 0.5) is 0 Å². The molecule has 4 nitrogen and oxygen atoms in total. The Labute approximate surface area is 110 Å². The molecule has 1 atom stereocenters. The Morgan fingerprint density at radius 3 is 2.28 bits per heavy atom. The van der Waals surface area contributed by atoms with Gasteiger partial charge >= 0.3 is 0 Å². The van der Waals surface area contributed by atoms with Gasteiger partial charge in [0.05, 0.1) is 6.04 Å². The summed E-state index contributed by atoms with van der Waals surface area (Å²) in [6.45, 7) is 10.1. The molecule has 0 aliphatic rings. The lowest BCUT2D eigenvalue weighted by atomic mass is 10.1. The molecule has 0 radical (unpaired) electrons. The zero-order chi connectivity index (χ0) is 13.4. The number of hydrogen-bond donors (Lipinski definition) is 1. The Kier molecular flexibility index (Phi) is 6.86. The topological polar surface area (TPSA) is 43.4 Å². The second-order valence-electron chi connectivity index (χ2n) is 4.05. The maximum atomic E-state index is 5.67. The van der Waals surface area contributed by atoms with Crippen molar-refractivity contribution >= 4 is 0 Å². The van der Waals surface area contributed by atoms with Crippen molar-refractivity contribution in [1.82, 2.24) is 10.3 Å². The van der Waals surface area contributed by atoms with Gasteiger partial charge in [-0.05, 0) is 38.9 Å². The third kappa shape index (κ3) is 4.37. The molecule has 0 bridgehead atoms. The van der Waals surface area contributed by atoms with Crippen LogP contribution >= 0.6 is 0 Å². The van der Waals surface area contributed by atoms with E-state index >= 15 is 0 Å². The minimum atomic E-state index is -0.274. The molecule has 4 heteroatoms. The number of aromatic nitrogens is 1. The average Bonchev–Trinajstić information content (AvgIpc) is 2.37. The molecule has 1 N–H and O–H groups in total. The fourth-order valence-corrected chi connectivity index (χ4v) is 1.82. The first-order chi connectivity index (χ1) is 8.72. The third-order valence-corrected chi connectivity index (χ3v) is 2.65. The lowest BCUT2D eigenvalue weighted by Gasteiger charge is -2.27. The molecule has 18 heavy (non-hydrogen) atoms. The molecule has 102 valence electrons. The summed E-state index contributed by atoms with van der Waals surface area (Å²) in [6, 6.07) is 4.10. The van der Waals surface area contributed by atoms with E-state index in [0.717, 1.165) is 17.8 Å². The van der Waals surface area contributed by atoms with Gasteiger partial charge < -0.3 is 14.8 Å². The number of likely N-dealkylation sites (N-methyl/N-ethyl adjacent to an activating group) is 1. The van der Waals surface area contributed by atoms with Crippen LogP contribution < -0.4 is 5.32 Å². The molecule has 0 aliphatic heterocycles. The highest BCUT2D eigenvalue weighted by atomic mass is 16.7. The first-order valence-electron chi connectivity index (χ1n) is 6.62. The predicted octanol–water partition coefficient (Wildman–Crippen LogP) is 2.44. The Hall–Kier alpha value is -0.970. The quantitative estimate of drug-likeness (QED) is 0.722. The molecule has 1 heterocycles. The Morgan fingerprint density at radius 1 is 1.17 bits per heavy atom. The number of rotatable bonds is 8. The highest BCUT2D eigenvalue weighted by Gasteiger charge is 2.23. The third-order valence-electron chi connectivity index (χ3n) is 2.65. The van der Waals surface area contributed by atoms with Crippen LogP contribution in [0.2, 0.25) is 0 Å². The lowest BCUT2D eigenvalue weighted by molar-refractivity contribution is -0.155. The molecule has 0 fully saturated rings. The molecule has 0 aromatic carbocycles. The molecule has 1 rings (SSSR count). The van der Waals surface area contributed by atoms with Gasteiger partial charge in [-0.1, -0.05) is 13.0 Å². The number of aryl methyl sites for hydroxylation is 1. The average molecular weight is 252 g/mol. The van der Waals surface area contributed by atoms with Gasteiger partial charge in [0.2, 0.25) is 0 Å². The van der Waals surface area contributed by atoms with Crippen molar-refractivity contribution in [3.05, 3.63) is 29.6 Å². The van der Waals surface area contributed by atoms with Crippen LogP contribution in [0.3, 0.4) is 0 Å². The summed E-state index contributed by atoms with van der Waals surface area (Å²) in [5.41, 5.74) is 2.10. The van der Waals surface area contributed by atoms with E-state index in [1.807, 2.05) is 33.0 Å². The van der Waals surface area contributed by atoms with Crippen LogP contribution in [0.25, 0.3) is 0 Å². The van der Waals surface area contributed by atoms with Crippen LogP contribution in [0.5, 0.6) is 0 Å². The first kappa shape index (κ1) is 15.1. The number of nitrogens with one attached hydrogen (secondary N) is 1. The largest absolute Gasteiger partial charge is 0.351 e. The Morgan fingerprint density at radius 2 is 1.83 bits per heavy atom. The van der Waals surface area contributed by atoms with Crippen LogP contribution in [0.1, 0.15) is 38.1 Å². The lowest BCUT2D eigenvalue weighted by Crippen LogP contribution is -2.36. The highest BCUT2D eigenvalue weighted by molar-refractivity contribution is 5.18. The molecule has 0 spiro atoms. The van der Waals surface area contributed by atoms with Crippen molar-refractivity contribution in [2.45, 2.75) is 40.0 Å². The monoisotopic (exact) mass is 252 g/mol. The molecule has 0 amide bonds. The normalized spacial score (nSPS) is 12.9. The summed E-state index contributed by atoms with van der Waals surface area (Å²) in [4.78, 5) is 4.33. The van der Waals surface area contributed by atoms with Gasteiger partial charge in [0, 0.05) is 25.1 Å². The number of pyridine rings is 1. The van der Waals surface area contributed by atoms with E-state index in [9.17, 15) is 0 Å². The van der Waals surface area contributed by atoms with E-state index in [4.69, 9.17) is 9.47 Å². The van der Waals surface area contributed by atoms with Crippen molar-refractivity contribution in [2.24, 2.45) is 0 Å². The van der Waals surface area contributed by atoms with Gasteiger partial charge in [0.15, 0.2) is 6.29 Å². The molecular weight excluding hydrogens is 228 g/mol. The van der Waals surface area contributed by atoms with Crippen LogP contribution in [-0.2, 0) is 9.47 Å². The maximum absolute atomic E-state index is 5.67. The first-order valence-corrected chi connectivity index (χ1v) is 6.62. The van der Waals surface area contributed by atoms with Crippen LogP contribution in [0.15, 0.2) is 18.3 Å². The number of ether oxygens (including phenoxy) is 2. The predicted molar refractivity (Wildman–Crippen MR) is 72.4 cm³/mol. The molecule has 0 saturated heterocycles. The molecule has 1 aromatic rings. The summed E-state index contributed by atoms with van der Waals surface area (Å²) >= 11 is 0. The standard InChI is InChI=1S/C14H24N2O2/c1-5-15-13(14(17-6-2)18-7-3)12-9-8-11(4)16-10-12/h8-10,13-15H,5-7H2,1-4H3. The summed E-state index contributed by atoms with van der Waals surface area (Å²) in [5.74, 6) is 0. The van der Waals surface area contributed by atoms with Gasteiger partial charge in [0.1, 0.15) is 0 Å². The molecule has 0 saturated carbocycles. The zero-order valence-corrected chi connectivity index (χ0v) is 11.8. The van der Waals surface area contributed by atoms with Gasteiger partial charge in [0.25, 0.3) is 0 Å². The van der Waals surface area contributed by atoms with Crippen molar-refractivity contribution < 1.29 is 9.47 Å². The summed E-state index contributed by atoms with van der Waals surface area (Å²) in [7, 11) is 0. The van der Waals surface area contributed by atoms with E-state index < -0.39 is 0 Å². The minimum Gasteiger partial charge on any atom is -0.351 e. The molecule has 1 unspecified atom stereocenters. The molecule has 1 aromatic heterocycles. The minimum absolute atomic E-state index is 0.0167. The summed E-state index contributed by atoms with van der Waals surface area (Å²) < 4.78 is 11.3. The molecular formula is C14H24N2O2. The van der Waals surface area contributed by atoms with E-state index in [1.165, 1.54) is 0 Å². The number of hydrogen-bond acceptors (Lipinski definition) is 4. The van der Waals surface area contributed by atoms with E-state index in [2.05, 4.69) is 23.3 Å². The van der Waals surface area contributed by atoms with Crippen molar-refractivity contribution in [3.8, 4) is 0 Å². The second-order valence-corrected chi connectivity index (χ2v) is 4.05. The Bertz CT molecular complexity index is 321. The van der Waals surface area contributed by atoms with Crippen molar-refractivity contribution in [2.75, 3.05) is 19.8 Å². The smallest absolute Gasteiger partial charge is 0.176 e. The number of nitrogens with zero attached hydrogens (tertiary/aromatic N) is 1. The fourth-order valence-electron chi connectivity index (χ4n) is 1.82. The highest BCUT2D eigenvalue weighted by Crippen LogP contribution is 2.20. The van der Waals surface area contributed by atoms with Gasteiger partial charge in [-0.2, -0.15) is 0 Å². The van der Waals surface area contributed by atoms with E-state index in [1.54, 1.807) is 0 Å². The van der Waals surface area contributed by atoms with Crippen molar-refractivity contribution in [1.29, 1.82) is 0 Å². The SMILES string of the molecule is CCNC(c1ccc(C)nc1)C(OCC)OCC. The summed E-state index contributed by atoms with van der Waals surface area (Å²) in [6.07, 6.45) is 1.61. The maximum Gasteiger partial charge on any atom is 0.176 e. The fraction of sp³-hybridized carbons (Fsp3) is 0.643. The van der Waals surface area contributed by atoms with Crippen molar-refractivity contribution in [3.63, 3.8) is 0 Å². The van der Waals surface area contributed by atoms with Gasteiger partial charge in [-0.15, -0.1) is 0 Å². The van der Waals surface area contributed by atoms with E-state index in [0.29, 0.717) is 13.2 Å². The summed E-state index contributed by atoms with van der Waals surface area (Å²) in [5, 5.41) is 3.40. The van der Waals surface area contributed by atoms with Crippen LogP contribution in [0, 0.1) is 6.92 Å². The van der Waals surface area contributed by atoms with E-state index in [-0.39, 0.29) is 12.3 Å². The molecule has 0 aliphatic carbocycles. The van der Waals surface area contributed by atoms with Crippen LogP contribution in [-0.4, -0.2) is 31.0 Å². The Balaban J connectivity index is 2.87.